The van der Waals surface area contributed by atoms with Crippen LogP contribution in [0, 0.1) is 11.7 Å². The fraction of sp³-hybridized carbons (Fsp3) is 0.364. The Morgan fingerprint density at radius 1 is 1.10 bits per heavy atom. The topological polar surface area (TPSA) is 79.4 Å². The summed E-state index contributed by atoms with van der Waals surface area (Å²) in [6.45, 7) is 1.37. The van der Waals surface area contributed by atoms with Crippen LogP contribution in [0.1, 0.15) is 17.9 Å². The number of nitrogens with zero attached hydrogens (tertiary/aromatic N) is 2. The number of ether oxygens (including phenoxy) is 1. The van der Waals surface area contributed by atoms with Gasteiger partial charge in [0.2, 0.25) is 5.91 Å². The fourth-order valence-electron chi connectivity index (χ4n) is 4.83. The lowest BCUT2D eigenvalue weighted by atomic mass is 9.77. The summed E-state index contributed by atoms with van der Waals surface area (Å²) in [5.74, 6) is 1.00. The molecule has 0 spiro atoms. The number of hydrogen-bond acceptors (Lipinski definition) is 4. The highest BCUT2D eigenvalue weighted by molar-refractivity contribution is 5.86. The number of aromatic amines is 1. The number of carbonyl (C=O) groups excluding carboxylic acids is 1. The molecule has 3 atom stereocenters. The van der Waals surface area contributed by atoms with E-state index in [1.54, 1.807) is 24.1 Å². The summed E-state index contributed by atoms with van der Waals surface area (Å²) >= 11 is 0. The Bertz CT molecular complexity index is 1180. The third-order valence-electron chi connectivity index (χ3n) is 6.40. The summed E-state index contributed by atoms with van der Waals surface area (Å²) in [5.41, 5.74) is 2.03. The molecule has 1 aromatic heterocycles. The molecule has 2 fully saturated rings. The largest absolute Gasteiger partial charge is 0.455 e. The van der Waals surface area contributed by atoms with E-state index < -0.39 is 0 Å². The van der Waals surface area contributed by atoms with Crippen molar-refractivity contribution in [3.63, 3.8) is 0 Å². The van der Waals surface area contributed by atoms with E-state index in [9.17, 15) is 14.0 Å². The standard InChI is InChI=1S/C22H23FN4O3/c1-26-11-16(14-9-10-24-18(14)21(26)28)15-7-8-17-19(25-22(29)27(17)2)20(15)30-13-5-3-12(23)4-6-13/h3-8,14,16,18,24H,9-11H2,1-2H3,(H,25,29). The van der Waals surface area contributed by atoms with E-state index in [0.717, 1.165) is 24.0 Å². The van der Waals surface area contributed by atoms with E-state index in [0.29, 0.717) is 23.6 Å². The maximum atomic E-state index is 13.4. The normalized spacial score (nSPS) is 23.8. The van der Waals surface area contributed by atoms with Crippen molar-refractivity contribution in [3.05, 3.63) is 58.3 Å². The molecule has 2 aromatic carbocycles. The van der Waals surface area contributed by atoms with Gasteiger partial charge in [0.1, 0.15) is 17.1 Å². The Balaban J connectivity index is 1.66. The van der Waals surface area contributed by atoms with E-state index in [4.69, 9.17) is 4.74 Å². The summed E-state index contributed by atoms with van der Waals surface area (Å²) in [7, 11) is 3.52. The number of likely N-dealkylation sites (tertiary alicyclic amines) is 1. The van der Waals surface area contributed by atoms with Gasteiger partial charge in [-0.25, -0.2) is 9.18 Å². The molecule has 2 saturated heterocycles. The van der Waals surface area contributed by atoms with Crippen LogP contribution in [0.5, 0.6) is 11.5 Å². The number of nitrogens with one attached hydrogen (secondary N) is 2. The molecule has 3 heterocycles. The number of likely N-dealkylation sites (N-methyl/N-ethyl adjacent to an activating group) is 1. The predicted octanol–water partition coefficient (Wildman–Crippen LogP) is 2.33. The van der Waals surface area contributed by atoms with Gasteiger partial charge in [0.05, 0.1) is 11.6 Å². The minimum Gasteiger partial charge on any atom is -0.455 e. The monoisotopic (exact) mass is 410 g/mol. The van der Waals surface area contributed by atoms with Crippen molar-refractivity contribution >= 4 is 16.9 Å². The van der Waals surface area contributed by atoms with Gasteiger partial charge in [-0.2, -0.15) is 0 Å². The number of piperidine rings is 1. The molecule has 0 saturated carbocycles. The first-order chi connectivity index (χ1) is 14.4. The first-order valence-electron chi connectivity index (χ1n) is 10.1. The molecule has 7 nitrogen and oxygen atoms in total. The van der Waals surface area contributed by atoms with Crippen LogP contribution in [-0.2, 0) is 11.8 Å². The predicted molar refractivity (Wildman–Crippen MR) is 110 cm³/mol. The Hall–Kier alpha value is -3.13. The van der Waals surface area contributed by atoms with E-state index in [-0.39, 0.29) is 35.3 Å². The highest BCUT2D eigenvalue weighted by Crippen LogP contribution is 2.44. The van der Waals surface area contributed by atoms with E-state index in [1.807, 2.05) is 19.2 Å². The number of carbonyl (C=O) groups is 1. The van der Waals surface area contributed by atoms with Crippen LogP contribution < -0.4 is 15.7 Å². The SMILES string of the molecule is CN1CC(c2ccc3c([nH]c(=O)n3C)c2Oc2ccc(F)cc2)C2CCNC2C1=O. The van der Waals surface area contributed by atoms with Crippen molar-refractivity contribution in [3.8, 4) is 11.5 Å². The highest BCUT2D eigenvalue weighted by atomic mass is 19.1. The van der Waals surface area contributed by atoms with Gasteiger partial charge in [0.15, 0.2) is 5.75 Å². The van der Waals surface area contributed by atoms with E-state index in [1.165, 1.54) is 16.7 Å². The zero-order chi connectivity index (χ0) is 21.0. The number of benzene rings is 2. The number of halogens is 1. The molecule has 0 radical (unpaired) electrons. The molecule has 8 heteroatoms. The van der Waals surface area contributed by atoms with Crippen LogP contribution in [-0.4, -0.2) is 46.5 Å². The Labute approximate surface area is 172 Å². The van der Waals surface area contributed by atoms with Crippen LogP contribution in [0.2, 0.25) is 0 Å². The minimum absolute atomic E-state index is 0.0521. The van der Waals surface area contributed by atoms with Gasteiger partial charge in [-0.1, -0.05) is 6.07 Å². The smallest absolute Gasteiger partial charge is 0.326 e. The molecular formula is C22H23FN4O3. The van der Waals surface area contributed by atoms with Gasteiger partial charge < -0.3 is 19.9 Å². The number of imidazole rings is 1. The lowest BCUT2D eigenvalue weighted by molar-refractivity contribution is -0.136. The molecule has 0 aliphatic carbocycles. The molecule has 2 N–H and O–H groups in total. The maximum Gasteiger partial charge on any atom is 0.326 e. The highest BCUT2D eigenvalue weighted by Gasteiger charge is 2.45. The summed E-state index contributed by atoms with van der Waals surface area (Å²) in [5, 5.41) is 3.33. The summed E-state index contributed by atoms with van der Waals surface area (Å²) in [6, 6.07) is 9.49. The Morgan fingerprint density at radius 3 is 2.63 bits per heavy atom. The van der Waals surface area contributed by atoms with Crippen LogP contribution >= 0.6 is 0 Å². The number of hydrogen-bond donors (Lipinski definition) is 2. The first-order valence-corrected chi connectivity index (χ1v) is 10.1. The number of amides is 1. The lowest BCUT2D eigenvalue weighted by Crippen LogP contribution is -2.52. The maximum absolute atomic E-state index is 13.4. The molecule has 0 bridgehead atoms. The van der Waals surface area contributed by atoms with Crippen LogP contribution in [0.25, 0.3) is 11.0 Å². The molecule has 30 heavy (non-hydrogen) atoms. The number of fused-ring (bicyclic) bond motifs is 2. The molecular weight excluding hydrogens is 387 g/mol. The average Bonchev–Trinajstić information content (AvgIpc) is 3.33. The van der Waals surface area contributed by atoms with Crippen molar-refractivity contribution in [1.29, 1.82) is 0 Å². The zero-order valence-electron chi connectivity index (χ0n) is 16.8. The van der Waals surface area contributed by atoms with Gasteiger partial charge in [-0.3, -0.25) is 9.36 Å². The average molecular weight is 410 g/mol. The summed E-state index contributed by atoms with van der Waals surface area (Å²) in [6.07, 6.45) is 0.897. The van der Waals surface area contributed by atoms with Crippen LogP contribution in [0.15, 0.2) is 41.2 Å². The third kappa shape index (κ3) is 2.90. The molecule has 2 aliphatic heterocycles. The van der Waals surface area contributed by atoms with Gasteiger partial charge in [0, 0.05) is 32.1 Å². The van der Waals surface area contributed by atoms with Gasteiger partial charge in [-0.05, 0) is 49.2 Å². The molecule has 5 rings (SSSR count). The van der Waals surface area contributed by atoms with Crippen LogP contribution in [0.4, 0.5) is 4.39 Å². The summed E-state index contributed by atoms with van der Waals surface area (Å²) in [4.78, 5) is 29.5. The quantitative estimate of drug-likeness (QED) is 0.695. The molecule has 156 valence electrons. The lowest BCUT2D eigenvalue weighted by Gasteiger charge is -2.39. The number of rotatable bonds is 3. The minimum atomic E-state index is -0.346. The van der Waals surface area contributed by atoms with E-state index in [2.05, 4.69) is 10.3 Å². The van der Waals surface area contributed by atoms with Crippen molar-refractivity contribution in [2.24, 2.45) is 13.0 Å². The first kappa shape index (κ1) is 18.9. The van der Waals surface area contributed by atoms with Crippen molar-refractivity contribution < 1.29 is 13.9 Å². The summed E-state index contributed by atoms with van der Waals surface area (Å²) < 4.78 is 21.2. The second-order valence-electron chi connectivity index (χ2n) is 8.13. The molecule has 2 aliphatic rings. The second-order valence-corrected chi connectivity index (χ2v) is 8.13. The van der Waals surface area contributed by atoms with Crippen LogP contribution in [0.3, 0.4) is 0 Å². The zero-order valence-corrected chi connectivity index (χ0v) is 16.8. The fourth-order valence-corrected chi connectivity index (χ4v) is 4.83. The van der Waals surface area contributed by atoms with Crippen molar-refractivity contribution in [1.82, 2.24) is 19.8 Å². The Kier molecular flexibility index (Phi) is 4.39. The molecule has 3 aromatic rings. The number of aromatic nitrogens is 2. The third-order valence-corrected chi connectivity index (χ3v) is 6.40. The van der Waals surface area contributed by atoms with Gasteiger partial charge >= 0.3 is 5.69 Å². The number of aryl methyl sites for hydroxylation is 1. The molecule has 3 unspecified atom stereocenters. The van der Waals surface area contributed by atoms with Crippen molar-refractivity contribution in [2.45, 2.75) is 18.4 Å². The van der Waals surface area contributed by atoms with Gasteiger partial charge in [-0.15, -0.1) is 0 Å². The second kappa shape index (κ2) is 6.98. The Morgan fingerprint density at radius 2 is 1.87 bits per heavy atom. The van der Waals surface area contributed by atoms with Gasteiger partial charge in [0.25, 0.3) is 0 Å². The molecule has 1 amide bonds. The van der Waals surface area contributed by atoms with Crippen molar-refractivity contribution in [2.75, 3.05) is 20.1 Å². The van der Waals surface area contributed by atoms with E-state index >= 15 is 0 Å². The number of H-pyrrole nitrogens is 1.